The molecule has 2 nitrogen and oxygen atoms in total. The minimum absolute atomic E-state index is 0.0913. The Kier molecular flexibility index (Phi) is 2.37. The van der Waals surface area contributed by atoms with E-state index in [4.69, 9.17) is 4.74 Å². The first-order valence-electron chi connectivity index (χ1n) is 5.47. The van der Waals surface area contributed by atoms with Gasteiger partial charge >= 0.3 is 0 Å². The number of hydrogen-bond donors (Lipinski definition) is 1. The van der Waals surface area contributed by atoms with E-state index in [9.17, 15) is 0 Å². The van der Waals surface area contributed by atoms with Gasteiger partial charge < -0.3 is 10.1 Å². The van der Waals surface area contributed by atoms with E-state index in [-0.39, 0.29) is 5.60 Å². The first-order chi connectivity index (χ1) is 6.07. The van der Waals surface area contributed by atoms with Gasteiger partial charge in [-0.25, -0.2) is 0 Å². The van der Waals surface area contributed by atoms with Crippen molar-refractivity contribution in [1.82, 2.24) is 5.32 Å². The fourth-order valence-corrected chi connectivity index (χ4v) is 2.23. The summed E-state index contributed by atoms with van der Waals surface area (Å²) in [5.41, 5.74) is 0.0913. The first kappa shape index (κ1) is 9.47. The molecule has 1 N–H and O–H groups in total. The summed E-state index contributed by atoms with van der Waals surface area (Å²) in [5, 5.41) is 3.72. The third kappa shape index (κ3) is 2.44. The molecule has 0 amide bonds. The molecule has 3 atom stereocenters. The van der Waals surface area contributed by atoms with Crippen LogP contribution in [0, 0.1) is 5.92 Å². The van der Waals surface area contributed by atoms with Crippen LogP contribution in [0.2, 0.25) is 0 Å². The summed E-state index contributed by atoms with van der Waals surface area (Å²) < 4.78 is 5.68. The van der Waals surface area contributed by atoms with E-state index < -0.39 is 0 Å². The summed E-state index contributed by atoms with van der Waals surface area (Å²) >= 11 is 0. The summed E-state index contributed by atoms with van der Waals surface area (Å²) in [6.45, 7) is 7.63. The molecule has 1 aliphatic heterocycles. The average Bonchev–Trinajstić information content (AvgIpc) is 2.64. The third-order valence-corrected chi connectivity index (χ3v) is 3.26. The topological polar surface area (TPSA) is 21.3 Å². The lowest BCUT2D eigenvalue weighted by atomic mass is 9.94. The lowest BCUT2D eigenvalue weighted by molar-refractivity contribution is -0.0631. The van der Waals surface area contributed by atoms with Gasteiger partial charge in [0.15, 0.2) is 0 Å². The molecule has 0 aromatic heterocycles. The third-order valence-electron chi connectivity index (χ3n) is 3.26. The number of rotatable bonds is 2. The van der Waals surface area contributed by atoms with Crippen LogP contribution >= 0.6 is 0 Å². The molecule has 0 aromatic carbocycles. The zero-order chi connectivity index (χ0) is 9.47. The van der Waals surface area contributed by atoms with Crippen molar-refractivity contribution in [1.29, 1.82) is 0 Å². The van der Waals surface area contributed by atoms with Crippen LogP contribution in [0.15, 0.2) is 0 Å². The van der Waals surface area contributed by atoms with Crippen LogP contribution in [0.25, 0.3) is 0 Å². The smallest absolute Gasteiger partial charge is 0.0641 e. The summed E-state index contributed by atoms with van der Waals surface area (Å²) in [6, 6.07) is 1.50. The van der Waals surface area contributed by atoms with Crippen molar-refractivity contribution in [2.45, 2.75) is 57.7 Å². The summed E-state index contributed by atoms with van der Waals surface area (Å²) in [7, 11) is 0. The number of hydrogen-bond acceptors (Lipinski definition) is 2. The van der Waals surface area contributed by atoms with Crippen molar-refractivity contribution in [2.75, 3.05) is 6.61 Å². The lowest BCUT2D eigenvalue weighted by Gasteiger charge is -2.36. The van der Waals surface area contributed by atoms with Gasteiger partial charge in [-0.15, -0.1) is 0 Å². The Balaban J connectivity index is 1.79. The monoisotopic (exact) mass is 183 g/mol. The van der Waals surface area contributed by atoms with E-state index in [0.717, 1.165) is 25.0 Å². The maximum absolute atomic E-state index is 5.68. The maximum Gasteiger partial charge on any atom is 0.0641 e. The summed E-state index contributed by atoms with van der Waals surface area (Å²) in [4.78, 5) is 0. The van der Waals surface area contributed by atoms with E-state index in [2.05, 4.69) is 26.1 Å². The molecule has 1 saturated heterocycles. The number of nitrogens with one attached hydrogen (secondary N) is 1. The van der Waals surface area contributed by atoms with Crippen LogP contribution in [0.5, 0.6) is 0 Å². The Hall–Kier alpha value is -0.0800. The highest BCUT2D eigenvalue weighted by molar-refractivity contribution is 4.94. The second kappa shape index (κ2) is 3.25. The fourth-order valence-electron chi connectivity index (χ4n) is 2.23. The normalized spacial score (nSPS) is 43.2. The van der Waals surface area contributed by atoms with E-state index in [1.807, 2.05) is 0 Å². The molecule has 0 aromatic rings. The van der Waals surface area contributed by atoms with Gasteiger partial charge in [-0.3, -0.25) is 0 Å². The van der Waals surface area contributed by atoms with Gasteiger partial charge in [-0.1, -0.05) is 6.92 Å². The second-order valence-corrected chi connectivity index (χ2v) is 5.28. The Morgan fingerprint density at radius 2 is 2.08 bits per heavy atom. The van der Waals surface area contributed by atoms with Crippen LogP contribution in [0.4, 0.5) is 0 Å². The molecule has 0 bridgehead atoms. The minimum Gasteiger partial charge on any atom is -0.375 e. The maximum atomic E-state index is 5.68. The molecule has 1 heterocycles. The second-order valence-electron chi connectivity index (χ2n) is 5.28. The van der Waals surface area contributed by atoms with Crippen molar-refractivity contribution in [2.24, 2.45) is 5.92 Å². The molecule has 76 valence electrons. The van der Waals surface area contributed by atoms with Crippen molar-refractivity contribution >= 4 is 0 Å². The highest BCUT2D eigenvalue weighted by Gasteiger charge is 2.37. The van der Waals surface area contributed by atoms with Gasteiger partial charge in [-0.05, 0) is 39.0 Å². The van der Waals surface area contributed by atoms with Gasteiger partial charge in [-0.2, -0.15) is 0 Å². The van der Waals surface area contributed by atoms with Crippen LogP contribution in [0.3, 0.4) is 0 Å². The lowest BCUT2D eigenvalue weighted by Crippen LogP contribution is -2.44. The van der Waals surface area contributed by atoms with Gasteiger partial charge in [0, 0.05) is 18.7 Å². The van der Waals surface area contributed by atoms with Gasteiger partial charge in [0.2, 0.25) is 0 Å². The molecular formula is C11H21NO. The molecule has 2 aliphatic rings. The minimum atomic E-state index is 0.0913. The van der Waals surface area contributed by atoms with Crippen molar-refractivity contribution < 1.29 is 4.74 Å². The molecular weight excluding hydrogens is 162 g/mol. The zero-order valence-corrected chi connectivity index (χ0v) is 8.97. The first-order valence-corrected chi connectivity index (χ1v) is 5.47. The summed E-state index contributed by atoms with van der Waals surface area (Å²) in [6.07, 6.45) is 3.72. The zero-order valence-electron chi connectivity index (χ0n) is 8.97. The van der Waals surface area contributed by atoms with Crippen molar-refractivity contribution in [3.63, 3.8) is 0 Å². The van der Waals surface area contributed by atoms with Crippen LogP contribution in [0.1, 0.15) is 40.0 Å². The standard InChI is InChI=1S/C11H21NO/c1-8-6-10(8)12-9-4-5-13-11(2,3)7-9/h8-10,12H,4-7H2,1-3H3. The van der Waals surface area contributed by atoms with Gasteiger partial charge in [0.25, 0.3) is 0 Å². The van der Waals surface area contributed by atoms with Gasteiger partial charge in [0.05, 0.1) is 5.60 Å². The van der Waals surface area contributed by atoms with Crippen LogP contribution < -0.4 is 5.32 Å². The van der Waals surface area contributed by atoms with Crippen molar-refractivity contribution in [3.8, 4) is 0 Å². The molecule has 1 aliphatic carbocycles. The Labute approximate surface area is 81.0 Å². The molecule has 2 fully saturated rings. The summed E-state index contributed by atoms with van der Waals surface area (Å²) in [5.74, 6) is 0.908. The van der Waals surface area contributed by atoms with E-state index in [0.29, 0.717) is 6.04 Å². The highest BCUT2D eigenvalue weighted by Crippen LogP contribution is 2.32. The van der Waals surface area contributed by atoms with Crippen LogP contribution in [-0.2, 0) is 4.74 Å². The Morgan fingerprint density at radius 3 is 2.62 bits per heavy atom. The largest absolute Gasteiger partial charge is 0.375 e. The Bertz CT molecular complexity index is 191. The molecule has 13 heavy (non-hydrogen) atoms. The highest BCUT2D eigenvalue weighted by atomic mass is 16.5. The van der Waals surface area contributed by atoms with E-state index >= 15 is 0 Å². The predicted molar refractivity (Wildman–Crippen MR) is 53.8 cm³/mol. The average molecular weight is 183 g/mol. The molecule has 0 spiro atoms. The van der Waals surface area contributed by atoms with Crippen LogP contribution in [-0.4, -0.2) is 24.3 Å². The predicted octanol–water partition coefficient (Wildman–Crippen LogP) is 1.94. The van der Waals surface area contributed by atoms with Crippen molar-refractivity contribution in [3.05, 3.63) is 0 Å². The quantitative estimate of drug-likeness (QED) is 0.706. The van der Waals surface area contributed by atoms with Gasteiger partial charge in [0.1, 0.15) is 0 Å². The molecule has 1 saturated carbocycles. The molecule has 2 heteroatoms. The molecule has 2 rings (SSSR count). The molecule has 3 unspecified atom stereocenters. The fraction of sp³-hybridized carbons (Fsp3) is 1.00. The number of ether oxygens (including phenoxy) is 1. The van der Waals surface area contributed by atoms with E-state index in [1.165, 1.54) is 12.8 Å². The van der Waals surface area contributed by atoms with E-state index in [1.54, 1.807) is 0 Å². The Morgan fingerprint density at radius 1 is 1.38 bits per heavy atom. The SMILES string of the molecule is CC1CC1NC1CCOC(C)(C)C1. The molecule has 0 radical (unpaired) electrons.